The van der Waals surface area contributed by atoms with Crippen molar-refractivity contribution in [2.45, 2.75) is 32.6 Å². The molecule has 8 heteroatoms. The van der Waals surface area contributed by atoms with E-state index < -0.39 is 0 Å². The summed E-state index contributed by atoms with van der Waals surface area (Å²) in [6, 6.07) is 12.6. The van der Waals surface area contributed by atoms with Crippen molar-refractivity contribution in [3.63, 3.8) is 0 Å². The molecule has 38 heavy (non-hydrogen) atoms. The second-order valence-corrected chi connectivity index (χ2v) is 10.1. The molecule has 0 amide bonds. The van der Waals surface area contributed by atoms with Crippen molar-refractivity contribution in [3.8, 4) is 28.3 Å². The minimum atomic E-state index is 0.549. The van der Waals surface area contributed by atoms with Gasteiger partial charge in [-0.05, 0) is 61.6 Å². The van der Waals surface area contributed by atoms with Crippen LogP contribution in [0, 0.1) is 12.8 Å². The van der Waals surface area contributed by atoms with Crippen LogP contribution in [0.1, 0.15) is 31.4 Å². The summed E-state index contributed by atoms with van der Waals surface area (Å²) < 4.78 is 1.95. The lowest BCUT2D eigenvalue weighted by molar-refractivity contribution is 0.649. The first-order valence-corrected chi connectivity index (χ1v) is 13.0. The van der Waals surface area contributed by atoms with E-state index in [-0.39, 0.29) is 0 Å². The van der Waals surface area contributed by atoms with Crippen molar-refractivity contribution in [2.75, 3.05) is 5.32 Å². The number of rotatable bonds is 6. The van der Waals surface area contributed by atoms with Gasteiger partial charge in [-0.15, -0.1) is 0 Å². The first kappa shape index (κ1) is 22.5. The van der Waals surface area contributed by atoms with Gasteiger partial charge in [0.15, 0.2) is 0 Å². The van der Waals surface area contributed by atoms with Crippen molar-refractivity contribution in [3.05, 3.63) is 85.5 Å². The number of pyridine rings is 2. The number of H-pyrrole nitrogens is 2. The molecule has 0 atom stereocenters. The Bertz CT molecular complexity index is 1800. The van der Waals surface area contributed by atoms with E-state index in [0.717, 1.165) is 67.2 Å². The van der Waals surface area contributed by atoms with Crippen LogP contribution in [0.25, 0.3) is 50.1 Å². The summed E-state index contributed by atoms with van der Waals surface area (Å²) in [7, 11) is 0. The number of anilines is 1. The topological polar surface area (TPSA) is 100 Å². The average Bonchev–Trinajstić information content (AvgIpc) is 3.74. The highest BCUT2D eigenvalue weighted by Gasteiger charge is 2.19. The summed E-state index contributed by atoms with van der Waals surface area (Å²) in [6.07, 6.45) is 14.3. The SMILES string of the molecule is C=C(Nc1cncc(-c2ccc3[nH]nc(-c4cc5c(-n6cnc(C)c6)nccc5[nH]4)c3c2)c1)C1CCCC1. The van der Waals surface area contributed by atoms with Crippen molar-refractivity contribution in [1.82, 2.24) is 34.7 Å². The normalized spacial score (nSPS) is 14.0. The number of imidazole rings is 1. The van der Waals surface area contributed by atoms with Crippen LogP contribution in [0.5, 0.6) is 0 Å². The van der Waals surface area contributed by atoms with Crippen molar-refractivity contribution >= 4 is 27.5 Å². The molecule has 0 saturated heterocycles. The zero-order valence-electron chi connectivity index (χ0n) is 21.2. The third-order valence-electron chi connectivity index (χ3n) is 7.53. The number of benzene rings is 1. The van der Waals surface area contributed by atoms with Gasteiger partial charge in [-0.25, -0.2) is 9.97 Å². The molecule has 1 fully saturated rings. The second kappa shape index (κ2) is 8.99. The van der Waals surface area contributed by atoms with Crippen LogP contribution in [-0.4, -0.2) is 34.7 Å². The van der Waals surface area contributed by atoms with E-state index in [4.69, 9.17) is 0 Å². The largest absolute Gasteiger partial charge is 0.358 e. The molecule has 188 valence electrons. The molecule has 7 rings (SSSR count). The highest BCUT2D eigenvalue weighted by atomic mass is 15.1. The van der Waals surface area contributed by atoms with E-state index in [0.29, 0.717) is 5.92 Å². The number of aromatic nitrogens is 7. The maximum Gasteiger partial charge on any atom is 0.147 e. The molecule has 5 heterocycles. The summed E-state index contributed by atoms with van der Waals surface area (Å²) in [6.45, 7) is 6.27. The van der Waals surface area contributed by atoms with Gasteiger partial charge < -0.3 is 10.3 Å². The summed E-state index contributed by atoms with van der Waals surface area (Å²) in [5, 5.41) is 13.4. The number of aryl methyl sites for hydroxylation is 1. The Balaban J connectivity index is 1.24. The van der Waals surface area contributed by atoms with Crippen molar-refractivity contribution < 1.29 is 0 Å². The number of allylic oxidation sites excluding steroid dienone is 1. The fraction of sp³-hybridized carbons (Fsp3) is 0.200. The van der Waals surface area contributed by atoms with E-state index in [1.807, 2.05) is 42.3 Å². The number of hydrogen-bond donors (Lipinski definition) is 3. The predicted octanol–water partition coefficient (Wildman–Crippen LogP) is 6.78. The van der Waals surface area contributed by atoms with Crippen LogP contribution in [0.15, 0.2) is 79.8 Å². The Morgan fingerprint density at radius 2 is 1.89 bits per heavy atom. The monoisotopic (exact) mass is 500 g/mol. The van der Waals surface area contributed by atoms with Crippen LogP contribution in [0.2, 0.25) is 0 Å². The molecule has 1 aliphatic rings. The summed E-state index contributed by atoms with van der Waals surface area (Å²) >= 11 is 0. The van der Waals surface area contributed by atoms with Gasteiger partial charge in [-0.3, -0.25) is 14.6 Å². The highest BCUT2D eigenvalue weighted by molar-refractivity contribution is 5.99. The standard InChI is InChI=1S/C30H28N8/c1-18-16-38(17-33-18)30-25-13-28(35-26(25)9-10-32-30)29-24-12-21(7-8-27(24)36-37-29)22-11-23(15-31-14-22)34-19(2)20-5-3-4-6-20/h7-17,20,34-35H,2-6H2,1H3,(H,36,37). The zero-order valence-corrected chi connectivity index (χ0v) is 21.2. The lowest BCUT2D eigenvalue weighted by Crippen LogP contribution is -2.07. The number of nitrogens with zero attached hydrogens (tertiary/aromatic N) is 5. The Morgan fingerprint density at radius 3 is 2.74 bits per heavy atom. The second-order valence-electron chi connectivity index (χ2n) is 10.1. The van der Waals surface area contributed by atoms with Crippen LogP contribution >= 0.6 is 0 Å². The molecule has 0 bridgehead atoms. The fourth-order valence-electron chi connectivity index (χ4n) is 5.54. The Kier molecular flexibility index (Phi) is 5.32. The third kappa shape index (κ3) is 3.94. The maximum absolute atomic E-state index is 4.67. The Labute approximate surface area is 219 Å². The molecule has 0 spiro atoms. The highest BCUT2D eigenvalue weighted by Crippen LogP contribution is 2.34. The summed E-state index contributed by atoms with van der Waals surface area (Å²) in [5.74, 6) is 1.38. The zero-order chi connectivity index (χ0) is 25.6. The quantitative estimate of drug-likeness (QED) is 0.234. The van der Waals surface area contributed by atoms with Crippen molar-refractivity contribution in [2.24, 2.45) is 5.92 Å². The van der Waals surface area contributed by atoms with Crippen LogP contribution < -0.4 is 5.32 Å². The molecule has 6 aromatic rings. The van der Waals surface area contributed by atoms with E-state index in [1.54, 1.807) is 6.33 Å². The summed E-state index contributed by atoms with van der Waals surface area (Å²) in [4.78, 5) is 17.0. The van der Waals surface area contributed by atoms with Crippen LogP contribution in [0.4, 0.5) is 5.69 Å². The Morgan fingerprint density at radius 1 is 1.00 bits per heavy atom. The smallest absolute Gasteiger partial charge is 0.147 e. The predicted molar refractivity (Wildman–Crippen MR) is 151 cm³/mol. The van der Waals surface area contributed by atoms with Crippen molar-refractivity contribution in [1.29, 1.82) is 0 Å². The minimum Gasteiger partial charge on any atom is -0.358 e. The number of aromatic amines is 2. The molecular formula is C30H28N8. The lowest BCUT2D eigenvalue weighted by atomic mass is 10.0. The van der Waals surface area contributed by atoms with E-state index in [1.165, 1.54) is 25.7 Å². The van der Waals surface area contributed by atoms with E-state index >= 15 is 0 Å². The van der Waals surface area contributed by atoms with Gasteiger partial charge in [0.2, 0.25) is 0 Å². The van der Waals surface area contributed by atoms with Gasteiger partial charge in [0.25, 0.3) is 0 Å². The van der Waals surface area contributed by atoms with E-state index in [9.17, 15) is 0 Å². The number of hydrogen-bond acceptors (Lipinski definition) is 5. The minimum absolute atomic E-state index is 0.549. The molecule has 1 aliphatic carbocycles. The van der Waals surface area contributed by atoms with Gasteiger partial charge in [0, 0.05) is 40.6 Å². The molecule has 5 aromatic heterocycles. The van der Waals surface area contributed by atoms with Gasteiger partial charge in [0.1, 0.15) is 17.8 Å². The van der Waals surface area contributed by atoms with Gasteiger partial charge in [0.05, 0.1) is 34.3 Å². The van der Waals surface area contributed by atoms with Crippen LogP contribution in [0.3, 0.4) is 0 Å². The first-order valence-electron chi connectivity index (χ1n) is 13.0. The lowest BCUT2D eigenvalue weighted by Gasteiger charge is -2.16. The Hall–Kier alpha value is -4.72. The van der Waals surface area contributed by atoms with Gasteiger partial charge in [-0.2, -0.15) is 5.10 Å². The molecule has 8 nitrogen and oxygen atoms in total. The molecule has 0 aliphatic heterocycles. The van der Waals surface area contributed by atoms with Gasteiger partial charge >= 0.3 is 0 Å². The molecule has 0 radical (unpaired) electrons. The average molecular weight is 501 g/mol. The maximum atomic E-state index is 4.67. The first-order chi connectivity index (χ1) is 18.6. The number of fused-ring (bicyclic) bond motifs is 2. The summed E-state index contributed by atoms with van der Waals surface area (Å²) in [5.41, 5.74) is 8.89. The van der Waals surface area contributed by atoms with Crippen LogP contribution in [-0.2, 0) is 0 Å². The third-order valence-corrected chi connectivity index (χ3v) is 7.53. The molecule has 0 unspecified atom stereocenters. The fourth-order valence-corrected chi connectivity index (χ4v) is 5.54. The van der Waals surface area contributed by atoms with E-state index in [2.05, 4.69) is 72.4 Å². The molecule has 1 saturated carbocycles. The molecular weight excluding hydrogens is 472 g/mol. The van der Waals surface area contributed by atoms with Gasteiger partial charge in [-0.1, -0.05) is 25.5 Å². The molecule has 3 N–H and O–H groups in total. The molecule has 1 aromatic carbocycles. The number of nitrogens with one attached hydrogen (secondary N) is 3.